The highest BCUT2D eigenvalue weighted by Crippen LogP contribution is 2.28. The lowest BCUT2D eigenvalue weighted by molar-refractivity contribution is 0.333. The van der Waals surface area contributed by atoms with E-state index >= 15 is 0 Å². The number of nitrogens with two attached hydrogens (primary N) is 1. The lowest BCUT2D eigenvalue weighted by Crippen LogP contribution is -2.29. The summed E-state index contributed by atoms with van der Waals surface area (Å²) in [5.74, 6) is 6.40. The zero-order valence-electron chi connectivity index (χ0n) is 9.46. The van der Waals surface area contributed by atoms with Gasteiger partial charge in [-0.15, -0.1) is 0 Å². The van der Waals surface area contributed by atoms with E-state index in [1.54, 1.807) is 6.20 Å². The molecule has 3 N–H and O–H groups in total. The van der Waals surface area contributed by atoms with E-state index in [2.05, 4.69) is 14.2 Å². The topological polar surface area (TPSA) is 73.1 Å². The summed E-state index contributed by atoms with van der Waals surface area (Å²) >= 11 is 1.16. The number of rotatable bonds is 5. The standard InChI is InChI=1S/C11H14N4OS/c1-2-16-10-6-4-3-5-8(10)11(14-12)9-7-13-17-15-9/h3-7,11,14H,2,12H2,1H3. The Kier molecular flexibility index (Phi) is 4.03. The van der Waals surface area contributed by atoms with Crippen LogP contribution in [0.3, 0.4) is 0 Å². The van der Waals surface area contributed by atoms with Gasteiger partial charge in [0.25, 0.3) is 0 Å². The molecule has 1 aromatic heterocycles. The first-order valence-corrected chi connectivity index (χ1v) is 6.05. The van der Waals surface area contributed by atoms with Crippen molar-refractivity contribution in [2.24, 2.45) is 5.84 Å². The van der Waals surface area contributed by atoms with E-state index in [9.17, 15) is 0 Å². The maximum Gasteiger partial charge on any atom is 0.124 e. The van der Waals surface area contributed by atoms with Crippen LogP contribution in [-0.2, 0) is 0 Å². The Morgan fingerprint density at radius 1 is 1.47 bits per heavy atom. The predicted octanol–water partition coefficient (Wildman–Crippen LogP) is 1.49. The molecule has 1 atom stereocenters. The molecule has 5 nitrogen and oxygen atoms in total. The van der Waals surface area contributed by atoms with E-state index in [0.29, 0.717) is 6.61 Å². The van der Waals surface area contributed by atoms with Crippen molar-refractivity contribution in [3.05, 3.63) is 41.7 Å². The molecule has 0 aliphatic heterocycles. The van der Waals surface area contributed by atoms with Gasteiger partial charge in [-0.05, 0) is 13.0 Å². The summed E-state index contributed by atoms with van der Waals surface area (Å²) in [7, 11) is 0. The monoisotopic (exact) mass is 250 g/mol. The zero-order chi connectivity index (χ0) is 12.1. The lowest BCUT2D eigenvalue weighted by atomic mass is 10.0. The smallest absolute Gasteiger partial charge is 0.124 e. The molecule has 2 aromatic rings. The zero-order valence-corrected chi connectivity index (χ0v) is 10.3. The van der Waals surface area contributed by atoms with Gasteiger partial charge in [0.05, 0.1) is 36.3 Å². The normalized spacial score (nSPS) is 12.4. The average Bonchev–Trinajstić information content (AvgIpc) is 2.86. The number of benzene rings is 1. The van der Waals surface area contributed by atoms with Crippen molar-refractivity contribution in [1.29, 1.82) is 0 Å². The minimum absolute atomic E-state index is 0.198. The molecule has 2 rings (SSSR count). The molecule has 1 aromatic carbocycles. The molecule has 0 aliphatic carbocycles. The molecule has 17 heavy (non-hydrogen) atoms. The maximum atomic E-state index is 5.59. The average molecular weight is 250 g/mol. The van der Waals surface area contributed by atoms with E-state index in [1.165, 1.54) is 0 Å². The summed E-state index contributed by atoms with van der Waals surface area (Å²) in [5, 5.41) is 0. The Bertz CT molecular complexity index is 460. The summed E-state index contributed by atoms with van der Waals surface area (Å²) in [6.45, 7) is 2.57. The fraction of sp³-hybridized carbons (Fsp3) is 0.273. The third kappa shape index (κ3) is 2.60. The molecule has 6 heteroatoms. The molecule has 1 heterocycles. The quantitative estimate of drug-likeness (QED) is 0.621. The van der Waals surface area contributed by atoms with E-state index in [1.807, 2.05) is 31.2 Å². The van der Waals surface area contributed by atoms with Gasteiger partial charge in [0, 0.05) is 5.56 Å². The van der Waals surface area contributed by atoms with E-state index in [-0.39, 0.29) is 6.04 Å². The summed E-state index contributed by atoms with van der Waals surface area (Å²) < 4.78 is 13.8. The van der Waals surface area contributed by atoms with Gasteiger partial charge in [-0.2, -0.15) is 8.75 Å². The first kappa shape index (κ1) is 12.0. The number of nitrogens with zero attached hydrogens (tertiary/aromatic N) is 2. The first-order valence-electron chi connectivity index (χ1n) is 5.32. The molecule has 0 bridgehead atoms. The van der Waals surface area contributed by atoms with Crippen LogP contribution < -0.4 is 16.0 Å². The number of hydrogen-bond acceptors (Lipinski definition) is 6. The molecule has 0 aliphatic rings. The van der Waals surface area contributed by atoms with Crippen molar-refractivity contribution in [3.63, 3.8) is 0 Å². The van der Waals surface area contributed by atoms with Gasteiger partial charge in [-0.3, -0.25) is 5.84 Å². The molecule has 90 valence electrons. The Labute approximate surface area is 104 Å². The number of nitrogens with one attached hydrogen (secondary N) is 1. The molecule has 0 saturated carbocycles. The van der Waals surface area contributed by atoms with Crippen LogP contribution in [-0.4, -0.2) is 15.4 Å². The largest absolute Gasteiger partial charge is 0.494 e. The van der Waals surface area contributed by atoms with Crippen molar-refractivity contribution < 1.29 is 4.74 Å². The first-order chi connectivity index (χ1) is 8.36. The highest BCUT2D eigenvalue weighted by molar-refractivity contribution is 6.99. The van der Waals surface area contributed by atoms with E-state index in [0.717, 1.165) is 28.7 Å². The van der Waals surface area contributed by atoms with Crippen LogP contribution >= 0.6 is 11.7 Å². The Morgan fingerprint density at radius 3 is 2.94 bits per heavy atom. The van der Waals surface area contributed by atoms with Gasteiger partial charge >= 0.3 is 0 Å². The second kappa shape index (κ2) is 5.72. The van der Waals surface area contributed by atoms with Crippen LogP contribution in [0.2, 0.25) is 0 Å². The highest BCUT2D eigenvalue weighted by Gasteiger charge is 2.18. The fourth-order valence-corrected chi connectivity index (χ4v) is 2.09. The number of hydrogen-bond donors (Lipinski definition) is 2. The lowest BCUT2D eigenvalue weighted by Gasteiger charge is -2.17. The molecule has 0 amide bonds. The highest BCUT2D eigenvalue weighted by atomic mass is 32.1. The molecular weight excluding hydrogens is 236 g/mol. The maximum absolute atomic E-state index is 5.59. The predicted molar refractivity (Wildman–Crippen MR) is 66.7 cm³/mol. The molecule has 0 spiro atoms. The summed E-state index contributed by atoms with van der Waals surface area (Å²) in [6, 6.07) is 7.57. The molecule has 0 saturated heterocycles. The fourth-order valence-electron chi connectivity index (χ4n) is 1.64. The van der Waals surface area contributed by atoms with Gasteiger partial charge in [0.2, 0.25) is 0 Å². The van der Waals surface area contributed by atoms with Crippen molar-refractivity contribution in [1.82, 2.24) is 14.2 Å². The summed E-state index contributed by atoms with van der Waals surface area (Å²) in [4.78, 5) is 0. The SMILES string of the molecule is CCOc1ccccc1C(NN)c1cnsn1. The number of para-hydroxylation sites is 1. The third-order valence-corrected chi connectivity index (χ3v) is 2.86. The molecule has 0 radical (unpaired) electrons. The van der Waals surface area contributed by atoms with Crippen LogP contribution in [0.1, 0.15) is 24.2 Å². The van der Waals surface area contributed by atoms with Crippen molar-refractivity contribution >= 4 is 11.7 Å². The van der Waals surface area contributed by atoms with Crippen LogP contribution in [0.25, 0.3) is 0 Å². The second-order valence-corrected chi connectivity index (χ2v) is 3.96. The number of ether oxygens (including phenoxy) is 1. The Balaban J connectivity index is 2.37. The van der Waals surface area contributed by atoms with Crippen molar-refractivity contribution in [2.45, 2.75) is 13.0 Å². The van der Waals surface area contributed by atoms with Gasteiger partial charge in [0.1, 0.15) is 5.75 Å². The minimum Gasteiger partial charge on any atom is -0.494 e. The Morgan fingerprint density at radius 2 is 2.29 bits per heavy atom. The van der Waals surface area contributed by atoms with Crippen LogP contribution in [0.4, 0.5) is 0 Å². The van der Waals surface area contributed by atoms with Crippen LogP contribution in [0.5, 0.6) is 5.75 Å². The van der Waals surface area contributed by atoms with E-state index in [4.69, 9.17) is 10.6 Å². The molecule has 1 unspecified atom stereocenters. The van der Waals surface area contributed by atoms with Gasteiger partial charge in [0.15, 0.2) is 0 Å². The summed E-state index contributed by atoms with van der Waals surface area (Å²) in [5.41, 5.74) is 4.50. The van der Waals surface area contributed by atoms with Crippen molar-refractivity contribution in [2.75, 3.05) is 6.61 Å². The van der Waals surface area contributed by atoms with Crippen molar-refractivity contribution in [3.8, 4) is 5.75 Å². The number of aromatic nitrogens is 2. The van der Waals surface area contributed by atoms with E-state index < -0.39 is 0 Å². The number of hydrazine groups is 1. The third-order valence-electron chi connectivity index (χ3n) is 2.37. The van der Waals surface area contributed by atoms with Crippen LogP contribution in [0, 0.1) is 0 Å². The Hall–Kier alpha value is -1.50. The van der Waals surface area contributed by atoms with Gasteiger partial charge in [-0.1, -0.05) is 18.2 Å². The molecular formula is C11H14N4OS. The minimum atomic E-state index is -0.198. The van der Waals surface area contributed by atoms with Gasteiger partial charge < -0.3 is 4.74 Å². The van der Waals surface area contributed by atoms with Crippen LogP contribution in [0.15, 0.2) is 30.5 Å². The van der Waals surface area contributed by atoms with Gasteiger partial charge in [-0.25, -0.2) is 5.43 Å². The second-order valence-electron chi connectivity index (χ2n) is 3.40. The summed E-state index contributed by atoms with van der Waals surface area (Å²) in [6.07, 6.45) is 1.71. The molecule has 0 fully saturated rings.